The van der Waals surface area contributed by atoms with Crippen molar-refractivity contribution in [2.45, 2.75) is 32.5 Å². The number of fused-ring (bicyclic) bond motifs is 1. The second-order valence-electron chi connectivity index (χ2n) is 5.04. The number of amides is 1. The van der Waals surface area contributed by atoms with Crippen LogP contribution in [0.2, 0.25) is 0 Å². The third-order valence-electron chi connectivity index (χ3n) is 3.90. The number of rotatable bonds is 3. The van der Waals surface area contributed by atoms with E-state index in [1.807, 2.05) is 6.92 Å². The Kier molecular flexibility index (Phi) is 4.57. The smallest absolute Gasteiger partial charge is 0.410 e. The summed E-state index contributed by atoms with van der Waals surface area (Å²) in [6.07, 6.45) is 0.262. The van der Waals surface area contributed by atoms with Crippen LogP contribution in [-0.4, -0.2) is 43.5 Å². The molecule has 0 aliphatic carbocycles. The highest BCUT2D eigenvalue weighted by molar-refractivity contribution is 5.69. The molecule has 1 aromatic carbocycles. The van der Waals surface area contributed by atoms with Crippen LogP contribution in [0.25, 0.3) is 0 Å². The Morgan fingerprint density at radius 2 is 2.05 bits per heavy atom. The minimum atomic E-state index is -0.361. The lowest BCUT2D eigenvalue weighted by Crippen LogP contribution is -2.42. The van der Waals surface area contributed by atoms with Crippen molar-refractivity contribution in [2.24, 2.45) is 0 Å². The molecular weight excluding hydrogens is 274 g/mol. The van der Waals surface area contributed by atoms with Gasteiger partial charge >= 0.3 is 6.09 Å². The van der Waals surface area contributed by atoms with Gasteiger partial charge in [-0.3, -0.25) is 0 Å². The molecule has 1 aromatic rings. The average molecular weight is 295 g/mol. The van der Waals surface area contributed by atoms with E-state index in [-0.39, 0.29) is 18.7 Å². The normalized spacial score (nSPS) is 17.2. The molecule has 21 heavy (non-hydrogen) atoms. The quantitative estimate of drug-likeness (QED) is 0.919. The molecule has 6 heteroatoms. The fourth-order valence-corrected chi connectivity index (χ4v) is 2.83. The SMILES string of the molecule is COC(=O)N1Cc2c(OC)cc(CO)c(OC)c2CC1C. The third kappa shape index (κ3) is 2.63. The minimum Gasteiger partial charge on any atom is -0.496 e. The van der Waals surface area contributed by atoms with Crippen LogP contribution in [0.1, 0.15) is 23.6 Å². The fourth-order valence-electron chi connectivity index (χ4n) is 2.83. The first-order valence-electron chi connectivity index (χ1n) is 6.78. The van der Waals surface area contributed by atoms with E-state index >= 15 is 0 Å². The van der Waals surface area contributed by atoms with E-state index in [1.165, 1.54) is 7.11 Å². The predicted octanol–water partition coefficient (Wildman–Crippen LogP) is 1.71. The molecule has 0 aromatic heterocycles. The van der Waals surface area contributed by atoms with E-state index in [0.29, 0.717) is 30.0 Å². The molecule has 6 nitrogen and oxygen atoms in total. The van der Waals surface area contributed by atoms with Gasteiger partial charge < -0.3 is 24.2 Å². The first-order valence-corrected chi connectivity index (χ1v) is 6.78. The summed E-state index contributed by atoms with van der Waals surface area (Å²) in [5.41, 5.74) is 2.57. The maximum atomic E-state index is 11.9. The number of nitrogens with zero attached hydrogens (tertiary/aromatic N) is 1. The molecule has 0 radical (unpaired) electrons. The summed E-state index contributed by atoms with van der Waals surface area (Å²) in [6.45, 7) is 2.23. The van der Waals surface area contributed by atoms with Crippen molar-refractivity contribution in [1.82, 2.24) is 4.90 Å². The highest BCUT2D eigenvalue weighted by Gasteiger charge is 2.32. The first kappa shape index (κ1) is 15.4. The van der Waals surface area contributed by atoms with Gasteiger partial charge in [0.05, 0.1) is 34.5 Å². The van der Waals surface area contributed by atoms with Crippen molar-refractivity contribution in [2.75, 3.05) is 21.3 Å². The number of aliphatic hydroxyl groups excluding tert-OH is 1. The van der Waals surface area contributed by atoms with E-state index in [4.69, 9.17) is 14.2 Å². The Balaban J connectivity index is 2.54. The molecule has 1 aliphatic rings. The Morgan fingerprint density at radius 3 is 2.57 bits per heavy atom. The monoisotopic (exact) mass is 295 g/mol. The molecule has 116 valence electrons. The molecule has 0 fully saturated rings. The summed E-state index contributed by atoms with van der Waals surface area (Å²) in [4.78, 5) is 13.5. The molecule has 1 unspecified atom stereocenters. The predicted molar refractivity (Wildman–Crippen MR) is 76.6 cm³/mol. The molecule has 0 saturated heterocycles. The van der Waals surface area contributed by atoms with Gasteiger partial charge in [0.25, 0.3) is 0 Å². The number of methoxy groups -OCH3 is 3. The Labute approximate surface area is 124 Å². The van der Waals surface area contributed by atoms with Gasteiger partial charge in [0.1, 0.15) is 11.5 Å². The molecule has 0 bridgehead atoms. The van der Waals surface area contributed by atoms with Crippen LogP contribution < -0.4 is 9.47 Å². The van der Waals surface area contributed by atoms with Crippen LogP contribution in [0.3, 0.4) is 0 Å². The van der Waals surface area contributed by atoms with Gasteiger partial charge in [-0.05, 0) is 19.4 Å². The van der Waals surface area contributed by atoms with E-state index in [2.05, 4.69) is 0 Å². The number of ether oxygens (including phenoxy) is 3. The van der Waals surface area contributed by atoms with Crippen molar-refractivity contribution in [3.8, 4) is 11.5 Å². The van der Waals surface area contributed by atoms with Crippen molar-refractivity contribution in [1.29, 1.82) is 0 Å². The number of aliphatic hydroxyl groups is 1. The summed E-state index contributed by atoms with van der Waals surface area (Å²) in [5.74, 6) is 1.32. The molecule has 1 amide bonds. The zero-order chi connectivity index (χ0) is 15.6. The summed E-state index contributed by atoms with van der Waals surface area (Å²) < 4.78 is 15.7. The lowest BCUT2D eigenvalue weighted by molar-refractivity contribution is 0.0993. The Morgan fingerprint density at radius 1 is 1.33 bits per heavy atom. The number of carbonyl (C=O) groups is 1. The highest BCUT2D eigenvalue weighted by atomic mass is 16.5. The van der Waals surface area contributed by atoms with Crippen LogP contribution in [-0.2, 0) is 24.3 Å². The van der Waals surface area contributed by atoms with E-state index in [9.17, 15) is 9.90 Å². The third-order valence-corrected chi connectivity index (χ3v) is 3.90. The van der Waals surface area contributed by atoms with Gasteiger partial charge in [-0.25, -0.2) is 4.79 Å². The van der Waals surface area contributed by atoms with Crippen LogP contribution in [0.5, 0.6) is 11.5 Å². The van der Waals surface area contributed by atoms with E-state index in [0.717, 1.165) is 11.1 Å². The minimum absolute atomic E-state index is 0.0162. The molecule has 0 saturated carbocycles. The summed E-state index contributed by atoms with van der Waals surface area (Å²) in [5, 5.41) is 9.50. The largest absolute Gasteiger partial charge is 0.496 e. The highest BCUT2D eigenvalue weighted by Crippen LogP contribution is 2.39. The topological polar surface area (TPSA) is 68.2 Å². The van der Waals surface area contributed by atoms with Crippen molar-refractivity contribution in [3.63, 3.8) is 0 Å². The van der Waals surface area contributed by atoms with Gasteiger partial charge in [0, 0.05) is 22.7 Å². The fraction of sp³-hybridized carbons (Fsp3) is 0.533. The Hall–Kier alpha value is -1.95. The van der Waals surface area contributed by atoms with Crippen LogP contribution in [0.15, 0.2) is 6.07 Å². The van der Waals surface area contributed by atoms with Crippen LogP contribution in [0.4, 0.5) is 4.79 Å². The second kappa shape index (κ2) is 6.22. The molecule has 1 N–H and O–H groups in total. The van der Waals surface area contributed by atoms with Crippen LogP contribution >= 0.6 is 0 Å². The standard InChI is InChI=1S/C15H21NO5/c1-9-5-11-12(7-16(9)15(18)21-4)13(19-2)6-10(8-17)14(11)20-3/h6,9,17H,5,7-8H2,1-4H3. The first-order chi connectivity index (χ1) is 10.1. The van der Waals surface area contributed by atoms with E-state index < -0.39 is 0 Å². The van der Waals surface area contributed by atoms with Crippen molar-refractivity contribution >= 4 is 6.09 Å². The number of benzene rings is 1. The molecule has 1 aliphatic heterocycles. The van der Waals surface area contributed by atoms with Gasteiger partial charge in [0.2, 0.25) is 0 Å². The lowest BCUT2D eigenvalue weighted by atomic mass is 9.91. The number of hydrogen-bond donors (Lipinski definition) is 1. The molecule has 1 atom stereocenters. The van der Waals surface area contributed by atoms with E-state index in [1.54, 1.807) is 25.2 Å². The molecule has 1 heterocycles. The molecule has 2 rings (SSSR count). The van der Waals surface area contributed by atoms with Gasteiger partial charge in [-0.2, -0.15) is 0 Å². The summed E-state index contributed by atoms with van der Waals surface area (Å²) >= 11 is 0. The summed E-state index contributed by atoms with van der Waals surface area (Å²) in [7, 11) is 4.53. The number of hydrogen-bond acceptors (Lipinski definition) is 5. The molecular formula is C15H21NO5. The zero-order valence-electron chi connectivity index (χ0n) is 12.8. The number of carbonyl (C=O) groups excluding carboxylic acids is 1. The zero-order valence-corrected chi connectivity index (χ0v) is 12.8. The molecule has 0 spiro atoms. The average Bonchev–Trinajstić information content (AvgIpc) is 2.51. The lowest BCUT2D eigenvalue weighted by Gasteiger charge is -2.35. The van der Waals surface area contributed by atoms with Gasteiger partial charge in [-0.15, -0.1) is 0 Å². The Bertz CT molecular complexity index is 543. The maximum Gasteiger partial charge on any atom is 0.410 e. The second-order valence-corrected chi connectivity index (χ2v) is 5.04. The van der Waals surface area contributed by atoms with Gasteiger partial charge in [-0.1, -0.05) is 0 Å². The summed E-state index contributed by atoms with van der Waals surface area (Å²) in [6, 6.07) is 1.74. The maximum absolute atomic E-state index is 11.9. The van der Waals surface area contributed by atoms with Crippen LogP contribution in [0, 0.1) is 0 Å². The van der Waals surface area contributed by atoms with Gasteiger partial charge in [0.15, 0.2) is 0 Å². The van der Waals surface area contributed by atoms with Crippen molar-refractivity contribution < 1.29 is 24.1 Å². The van der Waals surface area contributed by atoms with Crippen molar-refractivity contribution in [3.05, 3.63) is 22.8 Å².